The number of halogens is 3. The minimum atomic E-state index is -0.760. The average molecular weight is 301 g/mol. The third-order valence-corrected chi connectivity index (χ3v) is 3.54. The van der Waals surface area contributed by atoms with Gasteiger partial charge >= 0.3 is 0 Å². The maximum absolute atomic E-state index is 13.7. The standard InChI is InChI=1S/C14H11ClF2OS/c1-19-11-4-2-10(3-5-11)18-14-12(16)6-9(8-15)7-13(14)17/h2-7H,8H2,1H3. The molecule has 0 aliphatic carbocycles. The summed E-state index contributed by atoms with van der Waals surface area (Å²) in [5.41, 5.74) is 0.377. The number of hydrogen-bond acceptors (Lipinski definition) is 2. The van der Waals surface area contributed by atoms with Crippen molar-refractivity contribution in [3.63, 3.8) is 0 Å². The highest BCUT2D eigenvalue weighted by atomic mass is 35.5. The molecule has 0 bridgehead atoms. The Morgan fingerprint density at radius 2 is 1.68 bits per heavy atom. The van der Waals surface area contributed by atoms with Gasteiger partial charge in [0.05, 0.1) is 0 Å². The van der Waals surface area contributed by atoms with Crippen molar-refractivity contribution < 1.29 is 13.5 Å². The van der Waals surface area contributed by atoms with E-state index in [-0.39, 0.29) is 5.88 Å². The molecule has 2 aromatic carbocycles. The Hall–Kier alpha value is -1.26. The lowest BCUT2D eigenvalue weighted by Gasteiger charge is -2.09. The summed E-state index contributed by atoms with van der Waals surface area (Å²) in [4.78, 5) is 1.05. The van der Waals surface area contributed by atoms with Gasteiger partial charge in [0.25, 0.3) is 0 Å². The molecule has 0 fully saturated rings. The van der Waals surface area contributed by atoms with Crippen LogP contribution in [0.3, 0.4) is 0 Å². The Labute approximate surface area is 119 Å². The zero-order valence-corrected chi connectivity index (χ0v) is 11.7. The minimum Gasteiger partial charge on any atom is -0.451 e. The Bertz CT molecular complexity index is 549. The SMILES string of the molecule is CSc1ccc(Oc2c(F)cc(CCl)cc2F)cc1. The maximum Gasteiger partial charge on any atom is 0.198 e. The van der Waals surface area contributed by atoms with E-state index >= 15 is 0 Å². The van der Waals surface area contributed by atoms with Gasteiger partial charge in [-0.05, 0) is 48.2 Å². The highest BCUT2D eigenvalue weighted by Gasteiger charge is 2.13. The Morgan fingerprint density at radius 3 is 2.16 bits per heavy atom. The lowest BCUT2D eigenvalue weighted by molar-refractivity contribution is 0.406. The molecule has 0 amide bonds. The fraction of sp³-hybridized carbons (Fsp3) is 0.143. The number of ether oxygens (including phenoxy) is 1. The van der Waals surface area contributed by atoms with Crippen molar-refractivity contribution in [3.8, 4) is 11.5 Å². The van der Waals surface area contributed by atoms with Crippen molar-refractivity contribution in [2.75, 3.05) is 6.26 Å². The van der Waals surface area contributed by atoms with E-state index in [1.54, 1.807) is 23.9 Å². The molecule has 0 aliphatic heterocycles. The largest absolute Gasteiger partial charge is 0.451 e. The fourth-order valence-electron chi connectivity index (χ4n) is 1.55. The molecule has 1 nitrogen and oxygen atoms in total. The van der Waals surface area contributed by atoms with E-state index in [0.29, 0.717) is 11.3 Å². The molecule has 0 atom stereocenters. The van der Waals surface area contributed by atoms with Crippen LogP contribution in [-0.4, -0.2) is 6.26 Å². The Balaban J connectivity index is 2.27. The molecule has 19 heavy (non-hydrogen) atoms. The first-order valence-corrected chi connectivity index (χ1v) is 7.25. The quantitative estimate of drug-likeness (QED) is 0.565. The molecule has 2 aromatic rings. The Kier molecular flexibility index (Phi) is 4.66. The van der Waals surface area contributed by atoms with Gasteiger partial charge in [0.15, 0.2) is 17.4 Å². The predicted octanol–water partition coefficient (Wildman–Crippen LogP) is 5.22. The minimum absolute atomic E-state index is 0.0521. The van der Waals surface area contributed by atoms with Crippen LogP contribution in [0.4, 0.5) is 8.78 Å². The van der Waals surface area contributed by atoms with Crippen LogP contribution in [0.25, 0.3) is 0 Å². The number of hydrogen-bond donors (Lipinski definition) is 0. The molecule has 0 radical (unpaired) electrons. The lowest BCUT2D eigenvalue weighted by Crippen LogP contribution is -1.94. The molecule has 2 rings (SSSR count). The molecular formula is C14H11ClF2OS. The van der Waals surface area contributed by atoms with Gasteiger partial charge in [-0.2, -0.15) is 0 Å². The summed E-state index contributed by atoms with van der Waals surface area (Å²) in [6.07, 6.45) is 1.94. The van der Waals surface area contributed by atoms with Crippen LogP contribution < -0.4 is 4.74 Å². The van der Waals surface area contributed by atoms with Gasteiger partial charge in [0.1, 0.15) is 5.75 Å². The maximum atomic E-state index is 13.7. The van der Waals surface area contributed by atoms with E-state index in [9.17, 15) is 8.78 Å². The number of alkyl halides is 1. The van der Waals surface area contributed by atoms with Crippen molar-refractivity contribution in [2.45, 2.75) is 10.8 Å². The summed E-state index contributed by atoms with van der Waals surface area (Å²) in [5.74, 6) is -1.49. The molecule has 0 heterocycles. The zero-order valence-electron chi connectivity index (χ0n) is 10.1. The third-order valence-electron chi connectivity index (χ3n) is 2.49. The van der Waals surface area contributed by atoms with E-state index in [2.05, 4.69) is 0 Å². The van der Waals surface area contributed by atoms with Crippen LogP contribution in [0.15, 0.2) is 41.3 Å². The molecule has 0 aromatic heterocycles. The van der Waals surface area contributed by atoms with Gasteiger partial charge in [0.2, 0.25) is 0 Å². The average Bonchev–Trinajstić information content (AvgIpc) is 2.43. The second-order valence-electron chi connectivity index (χ2n) is 3.80. The van der Waals surface area contributed by atoms with Gasteiger partial charge < -0.3 is 4.74 Å². The van der Waals surface area contributed by atoms with Crippen LogP contribution in [-0.2, 0) is 5.88 Å². The summed E-state index contributed by atoms with van der Waals surface area (Å²) >= 11 is 7.12. The summed E-state index contributed by atoms with van der Waals surface area (Å²) < 4.78 is 32.6. The molecule has 0 saturated carbocycles. The van der Waals surface area contributed by atoms with E-state index in [0.717, 1.165) is 4.90 Å². The summed E-state index contributed by atoms with van der Waals surface area (Å²) in [7, 11) is 0. The van der Waals surface area contributed by atoms with Gasteiger partial charge in [0, 0.05) is 10.8 Å². The van der Waals surface area contributed by atoms with Crippen LogP contribution >= 0.6 is 23.4 Å². The van der Waals surface area contributed by atoms with Crippen molar-refractivity contribution >= 4 is 23.4 Å². The van der Waals surface area contributed by atoms with Crippen LogP contribution in [0.5, 0.6) is 11.5 Å². The van der Waals surface area contributed by atoms with Crippen LogP contribution in [0, 0.1) is 11.6 Å². The van der Waals surface area contributed by atoms with E-state index in [4.69, 9.17) is 16.3 Å². The molecule has 0 N–H and O–H groups in total. The van der Waals surface area contributed by atoms with Gasteiger partial charge in [-0.1, -0.05) is 0 Å². The molecule has 0 saturated heterocycles. The fourth-order valence-corrected chi connectivity index (χ4v) is 2.11. The number of benzene rings is 2. The van der Waals surface area contributed by atoms with Gasteiger partial charge in [-0.15, -0.1) is 23.4 Å². The van der Waals surface area contributed by atoms with Crippen molar-refractivity contribution in [1.29, 1.82) is 0 Å². The first-order chi connectivity index (χ1) is 9.13. The molecule has 0 unspecified atom stereocenters. The normalized spacial score (nSPS) is 10.5. The van der Waals surface area contributed by atoms with E-state index in [1.165, 1.54) is 12.1 Å². The van der Waals surface area contributed by atoms with Crippen molar-refractivity contribution in [3.05, 3.63) is 53.6 Å². The Morgan fingerprint density at radius 1 is 1.11 bits per heavy atom. The predicted molar refractivity (Wildman–Crippen MR) is 74.2 cm³/mol. The summed E-state index contributed by atoms with van der Waals surface area (Å²) in [6.45, 7) is 0. The van der Waals surface area contributed by atoms with Gasteiger partial charge in [-0.3, -0.25) is 0 Å². The van der Waals surface area contributed by atoms with Crippen LogP contribution in [0.2, 0.25) is 0 Å². The number of thioether (sulfide) groups is 1. The highest BCUT2D eigenvalue weighted by molar-refractivity contribution is 7.98. The smallest absolute Gasteiger partial charge is 0.198 e. The highest BCUT2D eigenvalue weighted by Crippen LogP contribution is 2.30. The molecule has 100 valence electrons. The van der Waals surface area contributed by atoms with Crippen LogP contribution in [0.1, 0.15) is 5.56 Å². The molecular weight excluding hydrogens is 290 g/mol. The third kappa shape index (κ3) is 3.39. The summed E-state index contributed by atoms with van der Waals surface area (Å²) in [5, 5.41) is 0. The monoisotopic (exact) mass is 300 g/mol. The summed E-state index contributed by atoms with van der Waals surface area (Å²) in [6, 6.07) is 9.32. The lowest BCUT2D eigenvalue weighted by atomic mass is 10.2. The molecule has 0 spiro atoms. The van der Waals surface area contributed by atoms with E-state index < -0.39 is 17.4 Å². The van der Waals surface area contributed by atoms with Crippen molar-refractivity contribution in [1.82, 2.24) is 0 Å². The second-order valence-corrected chi connectivity index (χ2v) is 4.95. The second kappa shape index (κ2) is 6.26. The first-order valence-electron chi connectivity index (χ1n) is 5.50. The molecule has 5 heteroatoms. The topological polar surface area (TPSA) is 9.23 Å². The first kappa shape index (κ1) is 14.2. The van der Waals surface area contributed by atoms with Crippen molar-refractivity contribution in [2.24, 2.45) is 0 Å². The van der Waals surface area contributed by atoms with Gasteiger partial charge in [-0.25, -0.2) is 8.78 Å². The zero-order chi connectivity index (χ0) is 13.8. The molecule has 0 aliphatic rings. The number of rotatable bonds is 4. The van der Waals surface area contributed by atoms with E-state index in [1.807, 2.05) is 18.4 Å².